The molecule has 1 aromatic carbocycles. The van der Waals surface area contributed by atoms with Crippen molar-refractivity contribution in [1.29, 1.82) is 0 Å². The van der Waals surface area contributed by atoms with Gasteiger partial charge in [-0.15, -0.1) is 0 Å². The summed E-state index contributed by atoms with van der Waals surface area (Å²) in [6.45, 7) is 1.79. The van der Waals surface area contributed by atoms with Crippen LogP contribution in [0.25, 0.3) is 4.96 Å². The molecule has 0 atom stereocenters. The van der Waals surface area contributed by atoms with Gasteiger partial charge in [0.1, 0.15) is 11.3 Å². The van der Waals surface area contributed by atoms with Crippen LogP contribution in [0, 0.1) is 6.92 Å². The summed E-state index contributed by atoms with van der Waals surface area (Å²) in [6.07, 6.45) is 0. The maximum absolute atomic E-state index is 12.4. The Kier molecular flexibility index (Phi) is 3.11. The Hall–Kier alpha value is -2.41. The van der Waals surface area contributed by atoms with Crippen molar-refractivity contribution in [2.45, 2.75) is 6.92 Å². The van der Waals surface area contributed by atoms with Crippen LogP contribution >= 0.6 is 11.3 Å². The Balaban J connectivity index is 1.92. The van der Waals surface area contributed by atoms with Gasteiger partial charge in [0, 0.05) is 11.8 Å². The summed E-state index contributed by atoms with van der Waals surface area (Å²) in [5.74, 6) is 0.445. The highest BCUT2D eigenvalue weighted by molar-refractivity contribution is 7.14. The molecule has 0 saturated heterocycles. The van der Waals surface area contributed by atoms with E-state index < -0.39 is 0 Å². The first-order chi connectivity index (χ1) is 9.69. The van der Waals surface area contributed by atoms with Gasteiger partial charge in [-0.25, -0.2) is 4.98 Å². The average molecular weight is 288 g/mol. The van der Waals surface area contributed by atoms with Crippen molar-refractivity contribution in [2.24, 2.45) is 0 Å². The van der Waals surface area contributed by atoms with Gasteiger partial charge in [0.05, 0.1) is 12.8 Å². The lowest BCUT2D eigenvalue weighted by atomic mass is 10.2. The van der Waals surface area contributed by atoms with Gasteiger partial charge in [0.2, 0.25) is 4.96 Å². The largest absolute Gasteiger partial charge is 0.497 e. The van der Waals surface area contributed by atoms with Crippen LogP contribution in [0.2, 0.25) is 0 Å². The lowest BCUT2D eigenvalue weighted by molar-refractivity contribution is 0.102. The average Bonchev–Trinajstić information content (AvgIpc) is 2.98. The zero-order valence-electron chi connectivity index (χ0n) is 11.0. The van der Waals surface area contributed by atoms with E-state index in [1.54, 1.807) is 36.2 Å². The zero-order chi connectivity index (χ0) is 14.1. The molecule has 0 unspecified atom stereocenters. The fourth-order valence-corrected chi connectivity index (χ4v) is 2.61. The Labute approximate surface area is 119 Å². The number of nitrogens with one attached hydrogen (secondary N) is 1. The highest BCUT2D eigenvalue weighted by Gasteiger charge is 2.18. The summed E-state index contributed by atoms with van der Waals surface area (Å²) in [5.41, 5.74) is 3.43. The molecule has 3 rings (SSSR count). The van der Waals surface area contributed by atoms with Crippen LogP contribution in [0.15, 0.2) is 29.8 Å². The van der Waals surface area contributed by atoms with Gasteiger partial charge in [-0.1, -0.05) is 17.4 Å². The molecule has 102 valence electrons. The number of aromatic nitrogens is 3. The summed E-state index contributed by atoms with van der Waals surface area (Å²) >= 11 is 1.39. The van der Waals surface area contributed by atoms with Crippen molar-refractivity contribution in [3.63, 3.8) is 0 Å². The number of benzene rings is 1. The maximum Gasteiger partial charge on any atom is 0.276 e. The Bertz CT molecular complexity index is 778. The molecule has 0 saturated carbocycles. The van der Waals surface area contributed by atoms with E-state index in [2.05, 4.69) is 15.4 Å². The molecule has 0 aliphatic heterocycles. The Morgan fingerprint density at radius 3 is 3.10 bits per heavy atom. The van der Waals surface area contributed by atoms with Crippen molar-refractivity contribution in [2.75, 3.05) is 12.4 Å². The molecule has 0 aliphatic carbocycles. The smallest absolute Gasteiger partial charge is 0.276 e. The maximum atomic E-state index is 12.4. The second-order valence-electron chi connectivity index (χ2n) is 4.17. The van der Waals surface area contributed by atoms with Crippen LogP contribution in [0.1, 0.15) is 16.2 Å². The molecule has 3 aromatic rings. The minimum atomic E-state index is -0.242. The zero-order valence-corrected chi connectivity index (χ0v) is 11.8. The number of methoxy groups -OCH3 is 1. The number of aryl methyl sites for hydroxylation is 1. The number of imidazole rings is 1. The number of anilines is 1. The number of carbonyl (C=O) groups excluding carboxylic acids is 1. The number of rotatable bonds is 3. The van der Waals surface area contributed by atoms with E-state index in [0.29, 0.717) is 27.8 Å². The van der Waals surface area contributed by atoms with Gasteiger partial charge in [0.15, 0.2) is 5.69 Å². The molecule has 0 radical (unpaired) electrons. The molecule has 7 heteroatoms. The van der Waals surface area contributed by atoms with Crippen LogP contribution in [-0.2, 0) is 0 Å². The van der Waals surface area contributed by atoms with Crippen LogP contribution in [0.3, 0.4) is 0 Å². The predicted octanol–water partition coefficient (Wildman–Crippen LogP) is 2.36. The van der Waals surface area contributed by atoms with Crippen molar-refractivity contribution in [3.8, 4) is 5.75 Å². The SMILES string of the molecule is COc1cccc(NC(=O)c2c(C)nc3scnn23)c1. The van der Waals surface area contributed by atoms with Crippen LogP contribution in [-0.4, -0.2) is 27.6 Å². The Morgan fingerprint density at radius 1 is 1.45 bits per heavy atom. The van der Waals surface area contributed by atoms with Crippen LogP contribution in [0.5, 0.6) is 5.75 Å². The van der Waals surface area contributed by atoms with Crippen molar-refractivity contribution >= 4 is 27.9 Å². The molecule has 1 amide bonds. The van der Waals surface area contributed by atoms with Crippen molar-refractivity contribution in [3.05, 3.63) is 41.2 Å². The lowest BCUT2D eigenvalue weighted by Gasteiger charge is -2.06. The molecular formula is C13H12N4O2S. The molecule has 6 nitrogen and oxygen atoms in total. The van der Waals surface area contributed by atoms with Gasteiger partial charge in [-0.2, -0.15) is 9.61 Å². The lowest BCUT2D eigenvalue weighted by Crippen LogP contribution is -2.16. The van der Waals surface area contributed by atoms with E-state index >= 15 is 0 Å². The van der Waals surface area contributed by atoms with Crippen LogP contribution < -0.4 is 10.1 Å². The minimum absolute atomic E-state index is 0.242. The van der Waals surface area contributed by atoms with Gasteiger partial charge in [-0.05, 0) is 19.1 Å². The highest BCUT2D eigenvalue weighted by atomic mass is 32.1. The van der Waals surface area contributed by atoms with E-state index in [9.17, 15) is 4.79 Å². The second-order valence-corrected chi connectivity index (χ2v) is 4.98. The molecule has 0 aliphatic rings. The molecule has 0 spiro atoms. The van der Waals surface area contributed by atoms with E-state index in [0.717, 1.165) is 0 Å². The van der Waals surface area contributed by atoms with Gasteiger partial charge < -0.3 is 10.1 Å². The number of ether oxygens (including phenoxy) is 1. The fraction of sp³-hybridized carbons (Fsp3) is 0.154. The molecule has 1 N–H and O–H groups in total. The summed E-state index contributed by atoms with van der Waals surface area (Å²) in [5, 5.41) is 6.95. The van der Waals surface area contributed by atoms with Crippen molar-refractivity contribution < 1.29 is 9.53 Å². The fourth-order valence-electron chi connectivity index (χ4n) is 1.95. The quantitative estimate of drug-likeness (QED) is 0.803. The van der Waals surface area contributed by atoms with E-state index in [1.165, 1.54) is 11.3 Å². The molecule has 2 heterocycles. The number of amides is 1. The number of hydrogen-bond acceptors (Lipinski definition) is 5. The standard InChI is InChI=1S/C13H12N4O2S/c1-8-11(17-13(15-8)20-7-14-17)12(18)16-9-4-3-5-10(6-9)19-2/h3-7H,1-2H3,(H,16,18). The van der Waals surface area contributed by atoms with Gasteiger partial charge in [-0.3, -0.25) is 4.79 Å². The first-order valence-electron chi connectivity index (χ1n) is 5.93. The minimum Gasteiger partial charge on any atom is -0.497 e. The van der Waals surface area contributed by atoms with E-state index in [4.69, 9.17) is 4.74 Å². The number of carbonyl (C=O) groups is 1. The predicted molar refractivity (Wildman–Crippen MR) is 76.5 cm³/mol. The molecular weight excluding hydrogens is 276 g/mol. The normalized spacial score (nSPS) is 10.7. The topological polar surface area (TPSA) is 68.5 Å². The summed E-state index contributed by atoms with van der Waals surface area (Å²) < 4.78 is 6.68. The van der Waals surface area contributed by atoms with Gasteiger partial charge in [0.25, 0.3) is 5.91 Å². The van der Waals surface area contributed by atoms with Crippen molar-refractivity contribution in [1.82, 2.24) is 14.6 Å². The Morgan fingerprint density at radius 2 is 2.30 bits per heavy atom. The van der Waals surface area contributed by atoms with Gasteiger partial charge >= 0.3 is 0 Å². The monoisotopic (exact) mass is 288 g/mol. The first kappa shape index (κ1) is 12.6. The molecule has 2 aromatic heterocycles. The second kappa shape index (κ2) is 4.93. The molecule has 0 bridgehead atoms. The third-order valence-electron chi connectivity index (χ3n) is 2.86. The number of nitrogens with zero attached hydrogens (tertiary/aromatic N) is 3. The highest BCUT2D eigenvalue weighted by Crippen LogP contribution is 2.19. The number of hydrogen-bond donors (Lipinski definition) is 1. The van der Waals surface area contributed by atoms with Crippen LogP contribution in [0.4, 0.5) is 5.69 Å². The number of fused-ring (bicyclic) bond motifs is 1. The summed E-state index contributed by atoms with van der Waals surface area (Å²) in [7, 11) is 1.58. The first-order valence-corrected chi connectivity index (χ1v) is 6.81. The van der Waals surface area contributed by atoms with E-state index in [1.807, 2.05) is 12.1 Å². The third kappa shape index (κ3) is 2.12. The van der Waals surface area contributed by atoms with E-state index in [-0.39, 0.29) is 5.91 Å². The third-order valence-corrected chi connectivity index (χ3v) is 3.54. The summed E-state index contributed by atoms with van der Waals surface area (Å²) in [4.78, 5) is 17.4. The molecule has 20 heavy (non-hydrogen) atoms. The summed E-state index contributed by atoms with van der Waals surface area (Å²) in [6, 6.07) is 7.19. The molecule has 0 fully saturated rings.